The number of carbonyl (C=O) groups excluding carboxylic acids is 2. The van der Waals surface area contributed by atoms with Crippen molar-refractivity contribution in [2.75, 3.05) is 63.5 Å². The van der Waals surface area contributed by atoms with Crippen molar-refractivity contribution in [1.29, 1.82) is 0 Å². The molecular weight excluding hydrogens is 584 g/mol. The van der Waals surface area contributed by atoms with Crippen molar-refractivity contribution in [3.05, 3.63) is 85.1 Å². The fourth-order valence-corrected chi connectivity index (χ4v) is 5.30. The molecule has 1 aromatic heterocycles. The third kappa shape index (κ3) is 8.45. The lowest BCUT2D eigenvalue weighted by atomic mass is 10.0. The average Bonchev–Trinajstić information content (AvgIpc) is 3.04. The van der Waals surface area contributed by atoms with Gasteiger partial charge < -0.3 is 40.0 Å². The van der Waals surface area contributed by atoms with Gasteiger partial charge in [0.05, 0.1) is 19.7 Å². The number of aromatic nitrogens is 1. The van der Waals surface area contributed by atoms with Crippen molar-refractivity contribution >= 4 is 39.9 Å². The number of nitrogens with zero attached hydrogens (tertiary/aromatic N) is 3. The van der Waals surface area contributed by atoms with Gasteiger partial charge in [-0.15, -0.1) is 0 Å². The number of nitrogens with one attached hydrogen (secondary N) is 3. The van der Waals surface area contributed by atoms with Crippen LogP contribution in [0.5, 0.6) is 23.0 Å². The Morgan fingerprint density at radius 2 is 1.72 bits per heavy atom. The monoisotopic (exact) mass is 624 g/mol. The summed E-state index contributed by atoms with van der Waals surface area (Å²) in [6.45, 7) is 2.36. The molecule has 1 atom stereocenters. The molecule has 3 aromatic carbocycles. The molecule has 0 saturated carbocycles. The number of hydrogen-bond acceptors (Lipinski definition) is 8. The summed E-state index contributed by atoms with van der Waals surface area (Å²) >= 11 is 0. The lowest BCUT2D eigenvalue weighted by Gasteiger charge is -2.34. The first kappa shape index (κ1) is 32.1. The second-order valence-electron chi connectivity index (χ2n) is 11.2. The van der Waals surface area contributed by atoms with Crippen molar-refractivity contribution in [2.24, 2.45) is 0 Å². The lowest BCUT2D eigenvalue weighted by molar-refractivity contribution is -0.117. The quantitative estimate of drug-likeness (QED) is 0.177. The molecule has 0 aliphatic carbocycles. The lowest BCUT2D eigenvalue weighted by Crippen LogP contribution is -2.47. The zero-order chi connectivity index (χ0) is 32.5. The Bertz CT molecular complexity index is 1690. The van der Waals surface area contributed by atoms with Crippen LogP contribution in [0.4, 0.5) is 21.9 Å². The smallest absolute Gasteiger partial charge is 0.323 e. The second kappa shape index (κ2) is 15.1. The number of pyridine rings is 1. The highest BCUT2D eigenvalue weighted by Crippen LogP contribution is 2.37. The summed E-state index contributed by atoms with van der Waals surface area (Å²) in [6, 6.07) is 20.0. The number of benzene rings is 3. The summed E-state index contributed by atoms with van der Waals surface area (Å²) in [6.07, 6.45) is 7.06. The number of fused-ring (bicyclic) bond motifs is 1. The van der Waals surface area contributed by atoms with Gasteiger partial charge in [-0.05, 0) is 75.5 Å². The van der Waals surface area contributed by atoms with Gasteiger partial charge in [-0.25, -0.2) is 4.79 Å². The van der Waals surface area contributed by atoms with Crippen molar-refractivity contribution in [3.8, 4) is 23.0 Å². The number of urea groups is 1. The number of amides is 3. The summed E-state index contributed by atoms with van der Waals surface area (Å²) in [5.41, 5.74) is 2.97. The number of ether oxygens (including phenoxy) is 3. The van der Waals surface area contributed by atoms with Gasteiger partial charge in [0.1, 0.15) is 11.5 Å². The van der Waals surface area contributed by atoms with Crippen LogP contribution in [0.25, 0.3) is 10.9 Å². The van der Waals surface area contributed by atoms with Gasteiger partial charge in [0.2, 0.25) is 5.91 Å². The first-order valence-electron chi connectivity index (χ1n) is 15.1. The summed E-state index contributed by atoms with van der Waals surface area (Å²) in [4.78, 5) is 33.8. The van der Waals surface area contributed by atoms with E-state index in [0.29, 0.717) is 39.9 Å². The zero-order valence-corrected chi connectivity index (χ0v) is 26.6. The molecule has 11 heteroatoms. The average molecular weight is 625 g/mol. The number of carbonyl (C=O) groups is 2. The Hall–Kier alpha value is -5.29. The highest BCUT2D eigenvalue weighted by molar-refractivity contribution is 6.00. The number of methoxy groups -OCH3 is 2. The molecule has 1 aliphatic rings. The maximum absolute atomic E-state index is 12.8. The van der Waals surface area contributed by atoms with E-state index in [9.17, 15) is 9.59 Å². The van der Waals surface area contributed by atoms with Crippen LogP contribution in [0.15, 0.2) is 85.1 Å². The Morgan fingerprint density at radius 1 is 0.957 bits per heavy atom. The molecule has 1 unspecified atom stereocenters. The molecule has 11 nitrogen and oxygen atoms in total. The van der Waals surface area contributed by atoms with Gasteiger partial charge in [-0.1, -0.05) is 12.1 Å². The van der Waals surface area contributed by atoms with Crippen molar-refractivity contribution in [1.82, 2.24) is 15.2 Å². The predicted octanol–water partition coefficient (Wildman–Crippen LogP) is 5.89. The highest BCUT2D eigenvalue weighted by atomic mass is 16.5. The van der Waals surface area contributed by atoms with Gasteiger partial charge in [-0.2, -0.15) is 0 Å². The van der Waals surface area contributed by atoms with E-state index in [2.05, 4.69) is 25.8 Å². The Labute approximate surface area is 269 Å². The second-order valence-corrected chi connectivity index (χ2v) is 11.2. The molecule has 0 bridgehead atoms. The molecule has 0 spiro atoms. The van der Waals surface area contributed by atoms with Crippen LogP contribution < -0.4 is 35.1 Å². The van der Waals surface area contributed by atoms with Crippen molar-refractivity contribution in [2.45, 2.75) is 18.9 Å². The van der Waals surface area contributed by atoms with E-state index < -0.39 is 0 Å². The number of piperidine rings is 1. The Kier molecular flexibility index (Phi) is 10.6. The Morgan fingerprint density at radius 3 is 2.48 bits per heavy atom. The topological polar surface area (TPSA) is 117 Å². The van der Waals surface area contributed by atoms with E-state index >= 15 is 0 Å². The van der Waals surface area contributed by atoms with E-state index in [1.165, 1.54) is 0 Å². The molecule has 3 amide bonds. The summed E-state index contributed by atoms with van der Waals surface area (Å²) in [7, 11) is 7.09. The fourth-order valence-electron chi connectivity index (χ4n) is 5.30. The van der Waals surface area contributed by atoms with Crippen LogP contribution in [0, 0.1) is 0 Å². The van der Waals surface area contributed by atoms with Crippen molar-refractivity contribution in [3.63, 3.8) is 0 Å². The highest BCUT2D eigenvalue weighted by Gasteiger charge is 2.21. The number of rotatable bonds is 11. The van der Waals surface area contributed by atoms with E-state index in [-0.39, 0.29) is 18.0 Å². The molecule has 0 radical (unpaired) electrons. The third-order valence-electron chi connectivity index (χ3n) is 7.52. The van der Waals surface area contributed by atoms with E-state index in [4.69, 9.17) is 14.2 Å². The van der Waals surface area contributed by atoms with Crippen LogP contribution in [0.2, 0.25) is 0 Å². The molecule has 4 aromatic rings. The largest absolute Gasteiger partial charge is 0.493 e. The molecule has 1 fully saturated rings. The predicted molar refractivity (Wildman–Crippen MR) is 182 cm³/mol. The van der Waals surface area contributed by atoms with Gasteiger partial charge in [-0.3, -0.25) is 9.78 Å². The van der Waals surface area contributed by atoms with Gasteiger partial charge in [0, 0.05) is 72.5 Å². The molecule has 1 aliphatic heterocycles. The third-order valence-corrected chi connectivity index (χ3v) is 7.52. The van der Waals surface area contributed by atoms with Crippen molar-refractivity contribution < 1.29 is 23.8 Å². The molecular formula is C35H40N6O5. The van der Waals surface area contributed by atoms with Gasteiger partial charge in [0.15, 0.2) is 11.5 Å². The van der Waals surface area contributed by atoms with Gasteiger partial charge >= 0.3 is 6.03 Å². The first-order valence-corrected chi connectivity index (χ1v) is 15.1. The first-order chi connectivity index (χ1) is 22.3. The maximum Gasteiger partial charge on any atom is 0.323 e. The summed E-state index contributed by atoms with van der Waals surface area (Å²) < 4.78 is 17.0. The number of anilines is 3. The molecule has 5 rings (SSSR count). The minimum Gasteiger partial charge on any atom is -0.493 e. The molecule has 46 heavy (non-hydrogen) atoms. The molecule has 3 N–H and O–H groups in total. The Balaban J connectivity index is 1.16. The number of likely N-dealkylation sites (N-methyl/N-ethyl adjacent to an activating group) is 1. The van der Waals surface area contributed by atoms with Crippen LogP contribution in [-0.4, -0.2) is 75.8 Å². The van der Waals surface area contributed by atoms with E-state index in [0.717, 1.165) is 43.5 Å². The summed E-state index contributed by atoms with van der Waals surface area (Å²) in [5.74, 6) is 2.22. The normalized spacial score (nSPS) is 14.7. The SMILES string of the molecule is COc1cc2nccc(Oc3cccc(NC(=O)Nc4ccc(N5CCCC(NC(=O)/C=C/CN(C)C)C5)cc4)c3)c2cc1OC. The molecule has 2 heterocycles. The van der Waals surface area contributed by atoms with Crippen LogP contribution in [0.3, 0.4) is 0 Å². The van der Waals surface area contributed by atoms with Crippen LogP contribution in [0.1, 0.15) is 12.8 Å². The zero-order valence-electron chi connectivity index (χ0n) is 26.6. The minimum atomic E-state index is -0.376. The molecule has 1 saturated heterocycles. The standard InChI is InChI=1S/C35H40N6O5/c1-40(2)18-7-11-34(42)37-26-9-6-19-41(23-26)27-14-12-24(13-15-27)38-35(43)39-25-8-5-10-28(20-25)46-31-16-17-36-30-22-33(45-4)32(44-3)21-29(30)31/h5,7-8,10-17,20-22,26H,6,9,18-19,23H2,1-4H3,(H,37,42)(H2,38,39,43)/b11-7+. The van der Waals surface area contributed by atoms with E-state index in [1.54, 1.807) is 56.8 Å². The number of hydrogen-bond donors (Lipinski definition) is 3. The minimum absolute atomic E-state index is 0.0658. The summed E-state index contributed by atoms with van der Waals surface area (Å²) in [5, 5.41) is 9.64. The van der Waals surface area contributed by atoms with Gasteiger partial charge in [0.25, 0.3) is 0 Å². The fraction of sp³-hybridized carbons (Fsp3) is 0.286. The molecule has 240 valence electrons. The van der Waals surface area contributed by atoms with Crippen LogP contribution >= 0.6 is 0 Å². The van der Waals surface area contributed by atoms with E-state index in [1.807, 2.05) is 61.5 Å². The van der Waals surface area contributed by atoms with Crippen LogP contribution in [-0.2, 0) is 4.79 Å². The maximum atomic E-state index is 12.8.